The fraction of sp³-hybridized carbons (Fsp3) is 0.667. The van der Waals surface area contributed by atoms with Crippen molar-refractivity contribution < 1.29 is 9.59 Å². The van der Waals surface area contributed by atoms with Crippen molar-refractivity contribution in [2.45, 2.75) is 52.9 Å². The Morgan fingerprint density at radius 3 is 2.77 bits per heavy atom. The fourth-order valence-electron chi connectivity index (χ4n) is 4.21. The lowest BCUT2D eigenvalue weighted by Crippen LogP contribution is -2.55. The van der Waals surface area contributed by atoms with E-state index >= 15 is 0 Å². The quantitative estimate of drug-likeness (QED) is 0.831. The van der Waals surface area contributed by atoms with Crippen LogP contribution in [-0.4, -0.2) is 52.8 Å². The summed E-state index contributed by atoms with van der Waals surface area (Å²) in [7, 11) is 0. The number of aryl methyl sites for hydroxylation is 1. The zero-order valence-corrected chi connectivity index (χ0v) is 16.3. The lowest BCUT2D eigenvalue weighted by Gasteiger charge is -2.48. The minimum absolute atomic E-state index is 0.0664. The van der Waals surface area contributed by atoms with Crippen molar-refractivity contribution in [2.24, 2.45) is 11.3 Å². The van der Waals surface area contributed by atoms with Gasteiger partial charge in [-0.05, 0) is 50.7 Å². The van der Waals surface area contributed by atoms with Crippen molar-refractivity contribution in [3.63, 3.8) is 0 Å². The molecule has 2 saturated heterocycles. The molecule has 1 spiro atoms. The fourth-order valence-corrected chi connectivity index (χ4v) is 4.21. The number of hydrogen-bond donors (Lipinski definition) is 0. The number of carbonyl (C=O) groups excluding carboxylic acids is 2. The van der Waals surface area contributed by atoms with Crippen LogP contribution in [0, 0.1) is 18.3 Å². The Morgan fingerprint density at radius 2 is 2.08 bits per heavy atom. The van der Waals surface area contributed by atoms with E-state index in [1.807, 2.05) is 28.9 Å². The molecule has 1 atom stereocenters. The molecule has 2 amide bonds. The minimum atomic E-state index is 0.0664. The average molecular weight is 357 g/mol. The molecule has 3 heterocycles. The Hall–Kier alpha value is -1.91. The molecule has 0 radical (unpaired) electrons. The van der Waals surface area contributed by atoms with Gasteiger partial charge in [0, 0.05) is 49.9 Å². The molecule has 5 heteroatoms. The van der Waals surface area contributed by atoms with Crippen molar-refractivity contribution in [1.29, 1.82) is 0 Å². The first-order valence-corrected chi connectivity index (χ1v) is 9.88. The first-order chi connectivity index (χ1) is 12.4. The third kappa shape index (κ3) is 4.25. The summed E-state index contributed by atoms with van der Waals surface area (Å²) in [4.78, 5) is 33.5. The molecule has 2 aliphatic heterocycles. The van der Waals surface area contributed by atoms with E-state index in [2.05, 4.69) is 18.8 Å². The zero-order chi connectivity index (χ0) is 18.7. The summed E-state index contributed by atoms with van der Waals surface area (Å²) in [6.45, 7) is 9.51. The largest absolute Gasteiger partial charge is 0.342 e. The van der Waals surface area contributed by atoms with Crippen LogP contribution in [0.4, 0.5) is 0 Å². The van der Waals surface area contributed by atoms with Gasteiger partial charge in [0.25, 0.3) is 5.91 Å². The first kappa shape index (κ1) is 18.9. The van der Waals surface area contributed by atoms with Crippen LogP contribution in [0.1, 0.15) is 62.0 Å². The number of nitrogens with zero attached hydrogens (tertiary/aromatic N) is 3. The third-order valence-corrected chi connectivity index (χ3v) is 5.83. The number of likely N-dealkylation sites (tertiary alicyclic amines) is 2. The Balaban J connectivity index is 1.69. The van der Waals surface area contributed by atoms with Crippen LogP contribution in [0.3, 0.4) is 0 Å². The van der Waals surface area contributed by atoms with Crippen LogP contribution < -0.4 is 0 Å². The number of aromatic nitrogens is 1. The van der Waals surface area contributed by atoms with E-state index in [0.29, 0.717) is 17.9 Å². The van der Waals surface area contributed by atoms with E-state index in [-0.39, 0.29) is 17.2 Å². The molecule has 0 bridgehead atoms. The van der Waals surface area contributed by atoms with Gasteiger partial charge in [0.2, 0.25) is 5.91 Å². The summed E-state index contributed by atoms with van der Waals surface area (Å²) >= 11 is 0. The maximum atomic E-state index is 12.9. The summed E-state index contributed by atoms with van der Waals surface area (Å²) in [6.07, 6.45) is 6.36. The van der Waals surface area contributed by atoms with Gasteiger partial charge in [-0.25, -0.2) is 0 Å². The number of rotatable bonds is 4. The Morgan fingerprint density at radius 1 is 1.27 bits per heavy atom. The molecule has 3 rings (SSSR count). The minimum Gasteiger partial charge on any atom is -0.342 e. The van der Waals surface area contributed by atoms with Crippen molar-refractivity contribution in [1.82, 2.24) is 14.8 Å². The van der Waals surface area contributed by atoms with Crippen LogP contribution in [0.15, 0.2) is 18.3 Å². The number of piperidine rings is 2. The van der Waals surface area contributed by atoms with Crippen LogP contribution in [0.2, 0.25) is 0 Å². The lowest BCUT2D eigenvalue weighted by molar-refractivity contribution is -0.139. The molecular formula is C21H31N3O2. The Kier molecular flexibility index (Phi) is 5.64. The van der Waals surface area contributed by atoms with Gasteiger partial charge in [-0.1, -0.05) is 13.8 Å². The van der Waals surface area contributed by atoms with Gasteiger partial charge < -0.3 is 9.80 Å². The SMILES string of the molecule is Cc1ccc(C(=O)N2CCC[C@]3(CCC(=O)N(CCC(C)C)C3)C2)cn1. The smallest absolute Gasteiger partial charge is 0.255 e. The summed E-state index contributed by atoms with van der Waals surface area (Å²) in [5.41, 5.74) is 1.65. The maximum Gasteiger partial charge on any atom is 0.255 e. The van der Waals surface area contributed by atoms with Gasteiger partial charge in [0.1, 0.15) is 0 Å². The van der Waals surface area contributed by atoms with Crippen LogP contribution >= 0.6 is 0 Å². The second-order valence-electron chi connectivity index (χ2n) is 8.52. The standard InChI is InChI=1S/C21H31N3O2/c1-16(2)8-12-23-14-21(10-7-19(23)25)9-4-11-24(15-21)20(26)18-6-5-17(3)22-13-18/h5-6,13,16H,4,7-12,14-15H2,1-3H3/t21-/m1/s1. The van der Waals surface area contributed by atoms with Crippen LogP contribution in [0.5, 0.6) is 0 Å². The molecule has 0 aliphatic carbocycles. The monoisotopic (exact) mass is 357 g/mol. The predicted molar refractivity (Wildman–Crippen MR) is 102 cm³/mol. The predicted octanol–water partition coefficient (Wildman–Crippen LogP) is 3.28. The summed E-state index contributed by atoms with van der Waals surface area (Å²) in [6, 6.07) is 3.76. The van der Waals surface area contributed by atoms with Crippen LogP contribution in [0.25, 0.3) is 0 Å². The molecule has 0 aromatic carbocycles. The summed E-state index contributed by atoms with van der Waals surface area (Å²) < 4.78 is 0. The second-order valence-corrected chi connectivity index (χ2v) is 8.52. The van der Waals surface area contributed by atoms with Crippen molar-refractivity contribution in [3.8, 4) is 0 Å². The zero-order valence-electron chi connectivity index (χ0n) is 16.3. The van der Waals surface area contributed by atoms with Gasteiger partial charge in [0.15, 0.2) is 0 Å². The molecule has 1 aromatic heterocycles. The normalized spacial score (nSPS) is 23.8. The Labute approximate surface area is 156 Å². The molecule has 2 aliphatic rings. The number of hydrogen-bond acceptors (Lipinski definition) is 3. The van der Waals surface area contributed by atoms with E-state index in [9.17, 15) is 9.59 Å². The summed E-state index contributed by atoms with van der Waals surface area (Å²) in [5, 5.41) is 0. The molecule has 26 heavy (non-hydrogen) atoms. The molecule has 0 N–H and O–H groups in total. The first-order valence-electron chi connectivity index (χ1n) is 9.88. The van der Waals surface area contributed by atoms with Gasteiger partial charge >= 0.3 is 0 Å². The lowest BCUT2D eigenvalue weighted by atomic mass is 9.73. The molecular weight excluding hydrogens is 326 g/mol. The number of carbonyl (C=O) groups is 2. The average Bonchev–Trinajstić information content (AvgIpc) is 2.63. The van der Waals surface area contributed by atoms with Gasteiger partial charge in [-0.2, -0.15) is 0 Å². The highest BCUT2D eigenvalue weighted by Gasteiger charge is 2.42. The van der Waals surface area contributed by atoms with Gasteiger partial charge in [0.05, 0.1) is 5.56 Å². The highest BCUT2D eigenvalue weighted by molar-refractivity contribution is 5.94. The molecule has 1 aromatic rings. The highest BCUT2D eigenvalue weighted by Crippen LogP contribution is 2.39. The Bertz CT molecular complexity index is 656. The molecule has 5 nitrogen and oxygen atoms in total. The van der Waals surface area contributed by atoms with E-state index in [1.165, 1.54) is 0 Å². The molecule has 2 fully saturated rings. The molecule has 142 valence electrons. The van der Waals surface area contributed by atoms with Gasteiger partial charge in [-0.3, -0.25) is 14.6 Å². The second kappa shape index (κ2) is 7.77. The van der Waals surface area contributed by atoms with E-state index in [1.54, 1.807) is 6.20 Å². The topological polar surface area (TPSA) is 53.5 Å². The van der Waals surface area contributed by atoms with Crippen molar-refractivity contribution >= 4 is 11.8 Å². The van der Waals surface area contributed by atoms with Crippen LogP contribution in [-0.2, 0) is 4.79 Å². The highest BCUT2D eigenvalue weighted by atomic mass is 16.2. The number of pyridine rings is 1. The third-order valence-electron chi connectivity index (χ3n) is 5.83. The molecule has 0 saturated carbocycles. The summed E-state index contributed by atoms with van der Waals surface area (Å²) in [5.74, 6) is 0.948. The van der Waals surface area contributed by atoms with Crippen molar-refractivity contribution in [3.05, 3.63) is 29.6 Å². The van der Waals surface area contributed by atoms with E-state index < -0.39 is 0 Å². The van der Waals surface area contributed by atoms with Crippen molar-refractivity contribution in [2.75, 3.05) is 26.2 Å². The number of amides is 2. The van der Waals surface area contributed by atoms with E-state index in [0.717, 1.165) is 57.6 Å². The maximum absolute atomic E-state index is 12.9. The molecule has 0 unspecified atom stereocenters. The van der Waals surface area contributed by atoms with E-state index in [4.69, 9.17) is 0 Å². The van der Waals surface area contributed by atoms with Gasteiger partial charge in [-0.15, -0.1) is 0 Å².